The highest BCUT2D eigenvalue weighted by Gasteiger charge is 2.63. The van der Waals surface area contributed by atoms with Gasteiger partial charge in [-0.1, -0.05) is 42.6 Å². The van der Waals surface area contributed by atoms with Crippen LogP contribution in [0, 0.1) is 35.5 Å². The van der Waals surface area contributed by atoms with E-state index in [4.69, 9.17) is 0 Å². The zero-order valence-corrected chi connectivity index (χ0v) is 19.6. The van der Waals surface area contributed by atoms with Crippen LogP contribution >= 0.6 is 27.7 Å². The second-order valence-corrected chi connectivity index (χ2v) is 12.6. The summed E-state index contributed by atoms with van der Waals surface area (Å²) < 4.78 is 0. The number of nitrogens with zero attached hydrogens (tertiary/aromatic N) is 1. The summed E-state index contributed by atoms with van der Waals surface area (Å²) in [6, 6.07) is 0.0913. The quantitative estimate of drug-likeness (QED) is 0.419. The van der Waals surface area contributed by atoms with Crippen LogP contribution in [-0.2, 0) is 9.59 Å². The van der Waals surface area contributed by atoms with Gasteiger partial charge in [-0.15, -0.1) is 0 Å². The van der Waals surface area contributed by atoms with Gasteiger partial charge in [-0.25, -0.2) is 0 Å². The third kappa shape index (κ3) is 2.81. The maximum absolute atomic E-state index is 13.6. The molecule has 0 N–H and O–H groups in total. The number of halogens is 1. The van der Waals surface area contributed by atoms with Gasteiger partial charge in [0.25, 0.3) is 0 Å². The van der Waals surface area contributed by atoms with Gasteiger partial charge in [-0.05, 0) is 68.6 Å². The van der Waals surface area contributed by atoms with Crippen molar-refractivity contribution in [2.75, 3.05) is 0 Å². The van der Waals surface area contributed by atoms with E-state index in [0.717, 1.165) is 42.8 Å². The Kier molecular flexibility index (Phi) is 5.39. The number of imide groups is 1. The number of amides is 2. The lowest BCUT2D eigenvalue weighted by molar-refractivity contribution is -0.172. The molecule has 28 heavy (non-hydrogen) atoms. The van der Waals surface area contributed by atoms with E-state index in [1.165, 1.54) is 32.1 Å². The number of hydrogen-bond acceptors (Lipinski definition) is 3. The van der Waals surface area contributed by atoms with Crippen LogP contribution in [0.1, 0.15) is 71.6 Å². The zero-order chi connectivity index (χ0) is 19.6. The summed E-state index contributed by atoms with van der Waals surface area (Å²) in [5.74, 6) is 2.99. The van der Waals surface area contributed by atoms with Gasteiger partial charge in [0.15, 0.2) is 0 Å². The van der Waals surface area contributed by atoms with Crippen LogP contribution in [0.15, 0.2) is 0 Å². The summed E-state index contributed by atoms with van der Waals surface area (Å²) in [7, 11) is 0. The van der Waals surface area contributed by atoms with Crippen molar-refractivity contribution >= 4 is 39.5 Å². The van der Waals surface area contributed by atoms with Crippen molar-refractivity contribution < 1.29 is 9.59 Å². The number of rotatable bonds is 3. The zero-order valence-electron chi connectivity index (χ0n) is 17.2. The maximum atomic E-state index is 13.6. The van der Waals surface area contributed by atoms with E-state index in [9.17, 15) is 9.59 Å². The Balaban J connectivity index is 1.51. The van der Waals surface area contributed by atoms with Crippen molar-refractivity contribution in [1.29, 1.82) is 0 Å². The third-order valence-electron chi connectivity index (χ3n) is 8.95. The van der Waals surface area contributed by atoms with E-state index in [2.05, 4.69) is 41.5 Å². The molecule has 5 rings (SSSR count). The van der Waals surface area contributed by atoms with Crippen molar-refractivity contribution in [3.05, 3.63) is 0 Å². The number of alkyl halides is 1. The highest BCUT2D eigenvalue weighted by atomic mass is 79.9. The normalized spacial score (nSPS) is 47.7. The van der Waals surface area contributed by atoms with Crippen LogP contribution in [0.5, 0.6) is 0 Å². The Hall–Kier alpha value is -0.0300. The number of fused-ring (bicyclic) bond motifs is 2. The molecule has 156 valence electrons. The molecule has 0 aromatic rings. The summed E-state index contributed by atoms with van der Waals surface area (Å²) in [5, 5.41) is 1.43. The molecule has 5 heteroatoms. The Morgan fingerprint density at radius 3 is 2.43 bits per heavy atom. The molecule has 5 fully saturated rings. The lowest BCUT2D eigenvalue weighted by atomic mass is 9.52. The topological polar surface area (TPSA) is 37.4 Å². The fourth-order valence-corrected chi connectivity index (χ4v) is 11.0. The van der Waals surface area contributed by atoms with E-state index < -0.39 is 0 Å². The lowest BCUT2D eigenvalue weighted by Gasteiger charge is -2.62. The molecule has 2 saturated heterocycles. The summed E-state index contributed by atoms with van der Waals surface area (Å²) in [4.78, 5) is 29.3. The first kappa shape index (κ1) is 19.9. The Morgan fingerprint density at radius 1 is 0.964 bits per heavy atom. The molecule has 2 aliphatic heterocycles. The van der Waals surface area contributed by atoms with Crippen molar-refractivity contribution in [3.63, 3.8) is 0 Å². The highest BCUT2D eigenvalue weighted by molar-refractivity contribution is 9.09. The molecule has 0 bridgehead atoms. The molecular formula is C23H34BrNO2S. The van der Waals surface area contributed by atoms with Gasteiger partial charge in [0.2, 0.25) is 11.8 Å². The molecule has 3 nitrogen and oxygen atoms in total. The minimum atomic E-state index is 0.0671. The van der Waals surface area contributed by atoms with Crippen LogP contribution < -0.4 is 0 Å². The van der Waals surface area contributed by atoms with E-state index in [-0.39, 0.29) is 29.7 Å². The molecule has 9 atom stereocenters. The van der Waals surface area contributed by atoms with Crippen molar-refractivity contribution in [3.8, 4) is 0 Å². The molecule has 0 radical (unpaired) electrons. The smallest absolute Gasteiger partial charge is 0.232 e. The molecule has 2 amide bonds. The van der Waals surface area contributed by atoms with E-state index in [1.807, 2.05) is 0 Å². The van der Waals surface area contributed by atoms with E-state index in [0.29, 0.717) is 21.9 Å². The minimum absolute atomic E-state index is 0.0671. The van der Waals surface area contributed by atoms with Crippen LogP contribution in [0.3, 0.4) is 0 Å². The standard InChI is InChI=1S/C23H34BrNO2S/c1-3-12(4-2)25-22(26)15-10-9-14-13-7-5-6-8-18(13)28-21-17(24)11-16(23(25)27)19(15)20(14)21/h12-21H,3-11H2,1-2H3. The van der Waals surface area contributed by atoms with Gasteiger partial charge in [0.05, 0.1) is 0 Å². The number of carbonyl (C=O) groups excluding carboxylic acids is 2. The summed E-state index contributed by atoms with van der Waals surface area (Å²) in [6.45, 7) is 4.23. The van der Waals surface area contributed by atoms with Crippen molar-refractivity contribution in [2.45, 2.75) is 93.0 Å². The predicted octanol–water partition coefficient (Wildman–Crippen LogP) is 5.26. The summed E-state index contributed by atoms with van der Waals surface area (Å²) >= 11 is 6.28. The molecule has 5 aliphatic rings. The Bertz CT molecular complexity index is 653. The second-order valence-electron chi connectivity index (χ2n) is 9.96. The average molecular weight is 469 g/mol. The number of hydrogen-bond donors (Lipinski definition) is 0. The first-order valence-electron chi connectivity index (χ1n) is 11.7. The third-order valence-corrected chi connectivity index (χ3v) is 12.1. The van der Waals surface area contributed by atoms with Gasteiger partial charge in [-0.2, -0.15) is 11.8 Å². The fraction of sp³-hybridized carbons (Fsp3) is 0.913. The van der Waals surface area contributed by atoms with Crippen LogP contribution in [0.4, 0.5) is 0 Å². The number of likely N-dealkylation sites (tertiary alicyclic amines) is 1. The Labute approximate surface area is 182 Å². The largest absolute Gasteiger partial charge is 0.279 e. The average Bonchev–Trinajstić information content (AvgIpc) is 2.72. The van der Waals surface area contributed by atoms with Crippen molar-refractivity contribution in [2.24, 2.45) is 35.5 Å². The molecule has 2 heterocycles. The first-order chi connectivity index (χ1) is 13.6. The van der Waals surface area contributed by atoms with E-state index >= 15 is 0 Å². The first-order valence-corrected chi connectivity index (χ1v) is 13.6. The number of piperidine rings is 1. The molecule has 3 aliphatic carbocycles. The molecule has 9 unspecified atom stereocenters. The Morgan fingerprint density at radius 2 is 1.68 bits per heavy atom. The van der Waals surface area contributed by atoms with Gasteiger partial charge >= 0.3 is 0 Å². The molecule has 0 aromatic carbocycles. The molecule has 3 saturated carbocycles. The van der Waals surface area contributed by atoms with Gasteiger partial charge in [0, 0.05) is 33.2 Å². The van der Waals surface area contributed by atoms with Gasteiger partial charge < -0.3 is 0 Å². The van der Waals surface area contributed by atoms with Gasteiger partial charge in [-0.3, -0.25) is 14.5 Å². The molecular weight excluding hydrogens is 434 g/mol. The van der Waals surface area contributed by atoms with Crippen molar-refractivity contribution in [1.82, 2.24) is 4.90 Å². The maximum Gasteiger partial charge on any atom is 0.232 e. The summed E-state index contributed by atoms with van der Waals surface area (Å²) in [5.41, 5.74) is 0. The number of carbonyl (C=O) groups is 2. The summed E-state index contributed by atoms with van der Waals surface area (Å²) in [6.07, 6.45) is 10.5. The molecule has 0 aromatic heterocycles. The molecule has 0 spiro atoms. The van der Waals surface area contributed by atoms with E-state index in [1.54, 1.807) is 4.90 Å². The van der Waals surface area contributed by atoms with Gasteiger partial charge in [0.1, 0.15) is 0 Å². The SMILES string of the molecule is CCC(CC)N1C(=O)C2CCC3C4CCCCC4SC4C(Br)CC(C1=O)C2C34. The minimum Gasteiger partial charge on any atom is -0.279 e. The predicted molar refractivity (Wildman–Crippen MR) is 117 cm³/mol. The van der Waals surface area contributed by atoms with Crippen LogP contribution in [0.2, 0.25) is 0 Å². The van der Waals surface area contributed by atoms with Crippen LogP contribution in [-0.4, -0.2) is 38.1 Å². The lowest BCUT2D eigenvalue weighted by Crippen LogP contribution is -2.66. The monoisotopic (exact) mass is 467 g/mol. The van der Waals surface area contributed by atoms with Crippen LogP contribution in [0.25, 0.3) is 0 Å². The number of thioether (sulfide) groups is 1. The fourth-order valence-electron chi connectivity index (χ4n) is 7.79. The second kappa shape index (κ2) is 7.59. The highest BCUT2D eigenvalue weighted by Crippen LogP contribution is 2.63.